The van der Waals surface area contributed by atoms with Crippen molar-refractivity contribution in [2.75, 3.05) is 0 Å². The van der Waals surface area contributed by atoms with E-state index >= 15 is 0 Å². The Morgan fingerprint density at radius 3 is 2.71 bits per heavy atom. The molecule has 1 saturated carbocycles. The fourth-order valence-corrected chi connectivity index (χ4v) is 3.97. The van der Waals surface area contributed by atoms with Gasteiger partial charge in [-0.3, -0.25) is 0 Å². The standard InChI is InChI=1S/C14H18FNO4S/c1-9-3-2-4-10(7-9)16-21(19,20)11-5-6-13(15)12(8-11)14(17)18/h5-6,8-10,16H,2-4,7H2,1H3,(H,17,18). The maximum Gasteiger partial charge on any atom is 0.338 e. The first-order valence-electron chi connectivity index (χ1n) is 6.85. The van der Waals surface area contributed by atoms with Crippen LogP contribution in [0.5, 0.6) is 0 Å². The molecule has 1 aliphatic carbocycles. The molecular weight excluding hydrogens is 297 g/mol. The molecule has 2 unspecified atom stereocenters. The highest BCUT2D eigenvalue weighted by molar-refractivity contribution is 7.89. The van der Waals surface area contributed by atoms with Crippen molar-refractivity contribution in [3.8, 4) is 0 Å². The van der Waals surface area contributed by atoms with Gasteiger partial charge in [0.2, 0.25) is 10.0 Å². The second kappa shape index (κ2) is 6.11. The molecule has 21 heavy (non-hydrogen) atoms. The minimum atomic E-state index is -3.84. The van der Waals surface area contributed by atoms with Crippen molar-refractivity contribution >= 4 is 16.0 Å². The number of carbonyl (C=O) groups is 1. The highest BCUT2D eigenvalue weighted by atomic mass is 32.2. The van der Waals surface area contributed by atoms with Crippen molar-refractivity contribution in [2.24, 2.45) is 5.92 Å². The summed E-state index contributed by atoms with van der Waals surface area (Å²) >= 11 is 0. The van der Waals surface area contributed by atoms with Crippen LogP contribution in [0.15, 0.2) is 23.1 Å². The van der Waals surface area contributed by atoms with Crippen LogP contribution in [0.4, 0.5) is 4.39 Å². The predicted molar refractivity (Wildman–Crippen MR) is 75.1 cm³/mol. The van der Waals surface area contributed by atoms with E-state index in [2.05, 4.69) is 11.6 Å². The van der Waals surface area contributed by atoms with Crippen LogP contribution in [0, 0.1) is 11.7 Å². The highest BCUT2D eigenvalue weighted by Crippen LogP contribution is 2.25. The van der Waals surface area contributed by atoms with E-state index in [4.69, 9.17) is 5.11 Å². The van der Waals surface area contributed by atoms with E-state index in [0.717, 1.165) is 43.9 Å². The molecule has 5 nitrogen and oxygen atoms in total. The number of hydrogen-bond donors (Lipinski definition) is 2. The number of carboxylic acids is 1. The van der Waals surface area contributed by atoms with Gasteiger partial charge in [0, 0.05) is 6.04 Å². The summed E-state index contributed by atoms with van der Waals surface area (Å²) in [6.45, 7) is 2.07. The van der Waals surface area contributed by atoms with Crippen molar-refractivity contribution in [3.63, 3.8) is 0 Å². The quantitative estimate of drug-likeness (QED) is 0.893. The Morgan fingerprint density at radius 2 is 2.10 bits per heavy atom. The van der Waals surface area contributed by atoms with E-state index in [9.17, 15) is 17.6 Å². The molecule has 0 heterocycles. The van der Waals surface area contributed by atoms with E-state index in [1.54, 1.807) is 0 Å². The molecule has 1 aliphatic rings. The Bertz CT molecular complexity index is 644. The molecule has 0 aromatic heterocycles. The molecule has 0 bridgehead atoms. The van der Waals surface area contributed by atoms with Crippen LogP contribution in [0.25, 0.3) is 0 Å². The van der Waals surface area contributed by atoms with Gasteiger partial charge in [0.15, 0.2) is 0 Å². The molecule has 7 heteroatoms. The molecule has 2 N–H and O–H groups in total. The van der Waals surface area contributed by atoms with Gasteiger partial charge in [0.05, 0.1) is 10.5 Å². The Kier molecular flexibility index (Phi) is 4.63. The Balaban J connectivity index is 2.23. The molecule has 1 aromatic carbocycles. The molecule has 2 rings (SSSR count). The van der Waals surface area contributed by atoms with Gasteiger partial charge >= 0.3 is 5.97 Å². The molecule has 0 amide bonds. The number of benzene rings is 1. The number of hydrogen-bond acceptors (Lipinski definition) is 3. The van der Waals surface area contributed by atoms with Crippen LogP contribution in [0.1, 0.15) is 43.0 Å². The number of rotatable bonds is 4. The zero-order valence-corrected chi connectivity index (χ0v) is 12.5. The van der Waals surface area contributed by atoms with E-state index < -0.39 is 27.4 Å². The summed E-state index contributed by atoms with van der Waals surface area (Å²) in [6.07, 6.45) is 3.55. The Hall–Kier alpha value is -1.47. The van der Waals surface area contributed by atoms with Gasteiger partial charge < -0.3 is 5.11 Å². The summed E-state index contributed by atoms with van der Waals surface area (Å²) in [7, 11) is -3.84. The first kappa shape index (κ1) is 15.9. The van der Waals surface area contributed by atoms with Crippen LogP contribution in [-0.2, 0) is 10.0 Å². The summed E-state index contributed by atoms with van der Waals surface area (Å²) in [5, 5.41) is 8.86. The third kappa shape index (κ3) is 3.79. The first-order valence-corrected chi connectivity index (χ1v) is 8.33. The van der Waals surface area contributed by atoms with Crippen molar-refractivity contribution in [2.45, 2.75) is 43.5 Å². The Morgan fingerprint density at radius 1 is 1.38 bits per heavy atom. The van der Waals surface area contributed by atoms with Gasteiger partial charge in [0.1, 0.15) is 5.82 Å². The monoisotopic (exact) mass is 315 g/mol. The average Bonchev–Trinajstić information content (AvgIpc) is 2.38. The van der Waals surface area contributed by atoms with Gasteiger partial charge in [-0.25, -0.2) is 22.3 Å². The summed E-state index contributed by atoms with van der Waals surface area (Å²) in [5.74, 6) is -1.99. The zero-order valence-electron chi connectivity index (χ0n) is 11.7. The summed E-state index contributed by atoms with van der Waals surface area (Å²) < 4.78 is 40.4. The lowest BCUT2D eigenvalue weighted by molar-refractivity contribution is 0.0691. The highest BCUT2D eigenvalue weighted by Gasteiger charge is 2.25. The van der Waals surface area contributed by atoms with Crippen molar-refractivity contribution in [1.29, 1.82) is 0 Å². The third-order valence-corrected chi connectivity index (χ3v) is 5.25. The molecular formula is C14H18FNO4S. The second-order valence-electron chi connectivity index (χ2n) is 5.54. The Labute approximate surface area is 123 Å². The van der Waals surface area contributed by atoms with Gasteiger partial charge in [-0.2, -0.15) is 0 Å². The number of sulfonamides is 1. The summed E-state index contributed by atoms with van der Waals surface area (Å²) in [5.41, 5.74) is -0.644. The summed E-state index contributed by atoms with van der Waals surface area (Å²) in [6, 6.07) is 2.64. The van der Waals surface area contributed by atoms with Gasteiger partial charge in [0.25, 0.3) is 0 Å². The van der Waals surface area contributed by atoms with Crippen LogP contribution >= 0.6 is 0 Å². The predicted octanol–water partition coefficient (Wildman–Crippen LogP) is 2.38. The molecule has 1 aromatic rings. The topological polar surface area (TPSA) is 83.5 Å². The molecule has 0 radical (unpaired) electrons. The van der Waals surface area contributed by atoms with Crippen molar-refractivity contribution in [1.82, 2.24) is 4.72 Å². The smallest absolute Gasteiger partial charge is 0.338 e. The number of aromatic carboxylic acids is 1. The lowest BCUT2D eigenvalue weighted by Gasteiger charge is -2.27. The molecule has 116 valence electrons. The SMILES string of the molecule is CC1CCCC(NS(=O)(=O)c2ccc(F)c(C(=O)O)c2)C1. The lowest BCUT2D eigenvalue weighted by Crippen LogP contribution is -2.38. The summed E-state index contributed by atoms with van der Waals surface area (Å²) in [4.78, 5) is 10.7. The van der Waals surface area contributed by atoms with Crippen LogP contribution in [-0.4, -0.2) is 25.5 Å². The van der Waals surface area contributed by atoms with Gasteiger partial charge in [-0.05, 0) is 37.0 Å². The van der Waals surface area contributed by atoms with Crippen LogP contribution < -0.4 is 4.72 Å². The maximum atomic E-state index is 13.3. The van der Waals surface area contributed by atoms with Crippen LogP contribution in [0.3, 0.4) is 0 Å². The lowest BCUT2D eigenvalue weighted by atomic mass is 9.88. The third-order valence-electron chi connectivity index (χ3n) is 3.74. The number of carboxylic acid groups (broad SMARTS) is 1. The second-order valence-corrected chi connectivity index (χ2v) is 7.25. The molecule has 0 aliphatic heterocycles. The molecule has 1 fully saturated rings. The zero-order chi connectivity index (χ0) is 15.6. The minimum absolute atomic E-state index is 0.155. The van der Waals surface area contributed by atoms with E-state index in [0.29, 0.717) is 5.92 Å². The van der Waals surface area contributed by atoms with Crippen molar-refractivity contribution in [3.05, 3.63) is 29.6 Å². The molecule has 0 saturated heterocycles. The van der Waals surface area contributed by atoms with Gasteiger partial charge in [-0.1, -0.05) is 19.8 Å². The van der Waals surface area contributed by atoms with Crippen LogP contribution in [0.2, 0.25) is 0 Å². The minimum Gasteiger partial charge on any atom is -0.478 e. The fourth-order valence-electron chi connectivity index (χ4n) is 2.66. The normalized spacial score (nSPS) is 23.0. The van der Waals surface area contributed by atoms with Crippen molar-refractivity contribution < 1.29 is 22.7 Å². The maximum absolute atomic E-state index is 13.3. The average molecular weight is 315 g/mol. The van der Waals surface area contributed by atoms with E-state index in [1.807, 2.05) is 0 Å². The molecule has 0 spiro atoms. The van der Waals surface area contributed by atoms with E-state index in [1.165, 1.54) is 0 Å². The molecule has 2 atom stereocenters. The fraction of sp³-hybridized carbons (Fsp3) is 0.500. The van der Waals surface area contributed by atoms with E-state index in [-0.39, 0.29) is 10.9 Å². The number of nitrogens with one attached hydrogen (secondary N) is 1. The largest absolute Gasteiger partial charge is 0.478 e. The number of halogens is 1. The first-order chi connectivity index (χ1) is 9.79. The van der Waals surface area contributed by atoms with Gasteiger partial charge in [-0.15, -0.1) is 0 Å².